The van der Waals surface area contributed by atoms with Gasteiger partial charge in [-0.3, -0.25) is 9.59 Å². The van der Waals surface area contributed by atoms with Gasteiger partial charge in [0, 0.05) is 32.1 Å². The Hall–Kier alpha value is -2.05. The molecule has 1 aromatic carbocycles. The Labute approximate surface area is 140 Å². The van der Waals surface area contributed by atoms with Crippen molar-refractivity contribution in [1.82, 2.24) is 4.90 Å². The summed E-state index contributed by atoms with van der Waals surface area (Å²) in [5.41, 5.74) is -0.471. The van der Waals surface area contributed by atoms with E-state index in [4.69, 9.17) is 0 Å². The lowest BCUT2D eigenvalue weighted by atomic mass is 10.1. The second-order valence-corrected chi connectivity index (χ2v) is 6.06. The third-order valence-corrected chi connectivity index (χ3v) is 3.53. The molecule has 0 aliphatic heterocycles. The van der Waals surface area contributed by atoms with Gasteiger partial charge >= 0.3 is 6.18 Å². The molecule has 7 heteroatoms. The summed E-state index contributed by atoms with van der Waals surface area (Å²) in [5.74, 6) is 0.0105. The van der Waals surface area contributed by atoms with Crippen LogP contribution in [-0.2, 0) is 15.8 Å². The number of hydrogen-bond acceptors (Lipinski definition) is 2. The van der Waals surface area contributed by atoms with E-state index in [0.717, 1.165) is 18.6 Å². The zero-order valence-electron chi connectivity index (χ0n) is 14.1. The quantitative estimate of drug-likeness (QED) is 0.815. The maximum atomic E-state index is 12.5. The maximum Gasteiger partial charge on any atom is 0.416 e. The van der Waals surface area contributed by atoms with Gasteiger partial charge in [-0.1, -0.05) is 13.8 Å². The fourth-order valence-corrected chi connectivity index (χ4v) is 2.04. The van der Waals surface area contributed by atoms with Gasteiger partial charge in [-0.25, -0.2) is 0 Å². The molecule has 0 saturated heterocycles. The fourth-order valence-electron chi connectivity index (χ4n) is 2.04. The Kier molecular flexibility index (Phi) is 7.25. The molecule has 0 heterocycles. The highest BCUT2D eigenvalue weighted by Gasteiger charge is 2.29. The lowest BCUT2D eigenvalue weighted by Gasteiger charge is -2.21. The SMILES string of the molecule is CC(=O)N(CCC(=O)Nc1ccc(C(F)(F)F)cc1)CCC(C)C. The van der Waals surface area contributed by atoms with E-state index < -0.39 is 11.7 Å². The summed E-state index contributed by atoms with van der Waals surface area (Å²) in [4.78, 5) is 25.0. The molecule has 0 spiro atoms. The number of rotatable bonds is 7. The zero-order valence-corrected chi connectivity index (χ0v) is 14.1. The van der Waals surface area contributed by atoms with Crippen LogP contribution in [0.3, 0.4) is 0 Å². The molecule has 1 aromatic rings. The number of benzene rings is 1. The predicted molar refractivity (Wildman–Crippen MR) is 86.4 cm³/mol. The number of alkyl halides is 3. The third kappa shape index (κ3) is 7.02. The molecule has 0 saturated carbocycles. The standard InChI is InChI=1S/C17H23F3N2O2/c1-12(2)8-10-22(13(3)23)11-9-16(24)21-15-6-4-14(5-7-15)17(18,19)20/h4-7,12H,8-11H2,1-3H3,(H,21,24). The summed E-state index contributed by atoms with van der Waals surface area (Å²) in [5, 5.41) is 2.54. The lowest BCUT2D eigenvalue weighted by Crippen LogP contribution is -2.33. The smallest absolute Gasteiger partial charge is 0.342 e. The van der Waals surface area contributed by atoms with Crippen molar-refractivity contribution in [3.05, 3.63) is 29.8 Å². The van der Waals surface area contributed by atoms with Crippen molar-refractivity contribution in [3.63, 3.8) is 0 Å². The van der Waals surface area contributed by atoms with Crippen molar-refractivity contribution in [2.24, 2.45) is 5.92 Å². The number of hydrogen-bond donors (Lipinski definition) is 1. The van der Waals surface area contributed by atoms with Crippen LogP contribution in [0.25, 0.3) is 0 Å². The molecule has 0 atom stereocenters. The Balaban J connectivity index is 2.51. The second-order valence-electron chi connectivity index (χ2n) is 6.06. The molecule has 1 N–H and O–H groups in total. The van der Waals surface area contributed by atoms with E-state index >= 15 is 0 Å². The number of halogens is 3. The molecule has 0 aliphatic rings. The van der Waals surface area contributed by atoms with Crippen molar-refractivity contribution in [3.8, 4) is 0 Å². The van der Waals surface area contributed by atoms with Gasteiger partial charge in [0.25, 0.3) is 0 Å². The summed E-state index contributed by atoms with van der Waals surface area (Å²) in [7, 11) is 0. The summed E-state index contributed by atoms with van der Waals surface area (Å²) in [6.45, 7) is 6.43. The Bertz CT molecular complexity index is 554. The van der Waals surface area contributed by atoms with Crippen LogP contribution >= 0.6 is 0 Å². The van der Waals surface area contributed by atoms with Crippen LogP contribution < -0.4 is 5.32 Å². The molecular formula is C17H23F3N2O2. The van der Waals surface area contributed by atoms with Crippen molar-refractivity contribution >= 4 is 17.5 Å². The van der Waals surface area contributed by atoms with Crippen LogP contribution in [-0.4, -0.2) is 29.8 Å². The summed E-state index contributed by atoms with van der Waals surface area (Å²) in [6, 6.07) is 4.25. The highest BCUT2D eigenvalue weighted by Crippen LogP contribution is 2.29. The molecule has 4 nitrogen and oxygen atoms in total. The van der Waals surface area contributed by atoms with Gasteiger partial charge in [-0.2, -0.15) is 13.2 Å². The van der Waals surface area contributed by atoms with Crippen LogP contribution in [0.2, 0.25) is 0 Å². The average molecular weight is 344 g/mol. The van der Waals surface area contributed by atoms with E-state index in [1.165, 1.54) is 19.1 Å². The van der Waals surface area contributed by atoms with E-state index in [1.54, 1.807) is 4.90 Å². The van der Waals surface area contributed by atoms with Gasteiger partial charge in [0.1, 0.15) is 0 Å². The third-order valence-electron chi connectivity index (χ3n) is 3.53. The van der Waals surface area contributed by atoms with Gasteiger partial charge in [-0.05, 0) is 36.6 Å². The van der Waals surface area contributed by atoms with E-state index in [2.05, 4.69) is 19.2 Å². The van der Waals surface area contributed by atoms with E-state index in [0.29, 0.717) is 18.2 Å². The molecule has 0 radical (unpaired) electrons. The summed E-state index contributed by atoms with van der Waals surface area (Å²) < 4.78 is 37.4. The van der Waals surface area contributed by atoms with Crippen LogP contribution in [0, 0.1) is 5.92 Å². The van der Waals surface area contributed by atoms with Crippen molar-refractivity contribution in [2.45, 2.75) is 39.8 Å². The zero-order chi connectivity index (χ0) is 18.3. The van der Waals surface area contributed by atoms with Crippen molar-refractivity contribution in [2.75, 3.05) is 18.4 Å². The topological polar surface area (TPSA) is 49.4 Å². The second kappa shape index (κ2) is 8.70. The highest BCUT2D eigenvalue weighted by atomic mass is 19.4. The molecular weight excluding hydrogens is 321 g/mol. The molecule has 24 heavy (non-hydrogen) atoms. The van der Waals surface area contributed by atoms with Crippen LogP contribution in [0.15, 0.2) is 24.3 Å². The first kappa shape index (κ1) is 20.0. The fraction of sp³-hybridized carbons (Fsp3) is 0.529. The molecule has 1 rings (SSSR count). The highest BCUT2D eigenvalue weighted by molar-refractivity contribution is 5.91. The monoisotopic (exact) mass is 344 g/mol. The molecule has 0 fully saturated rings. The molecule has 2 amide bonds. The molecule has 0 aromatic heterocycles. The van der Waals surface area contributed by atoms with Gasteiger partial charge in [0.2, 0.25) is 11.8 Å². The first-order valence-corrected chi connectivity index (χ1v) is 7.82. The van der Waals surface area contributed by atoms with Gasteiger partial charge in [0.05, 0.1) is 5.56 Å². The first-order chi connectivity index (χ1) is 11.1. The van der Waals surface area contributed by atoms with E-state index in [-0.39, 0.29) is 24.8 Å². The Morgan fingerprint density at radius 3 is 2.17 bits per heavy atom. The minimum Gasteiger partial charge on any atom is -0.342 e. The normalized spacial score (nSPS) is 11.5. The summed E-state index contributed by atoms with van der Waals surface area (Å²) in [6.07, 6.45) is -3.46. The predicted octanol–water partition coefficient (Wildman–Crippen LogP) is 3.93. The van der Waals surface area contributed by atoms with Gasteiger partial charge in [-0.15, -0.1) is 0 Å². The summed E-state index contributed by atoms with van der Waals surface area (Å²) >= 11 is 0. The van der Waals surface area contributed by atoms with Gasteiger partial charge in [0.15, 0.2) is 0 Å². The number of anilines is 1. The number of carbonyl (C=O) groups excluding carboxylic acids is 2. The Morgan fingerprint density at radius 1 is 1.12 bits per heavy atom. The minimum absolute atomic E-state index is 0.0959. The van der Waals surface area contributed by atoms with Crippen LogP contribution in [0.5, 0.6) is 0 Å². The average Bonchev–Trinajstić information content (AvgIpc) is 2.46. The molecule has 0 bridgehead atoms. The van der Waals surface area contributed by atoms with Gasteiger partial charge < -0.3 is 10.2 Å². The maximum absolute atomic E-state index is 12.5. The van der Waals surface area contributed by atoms with E-state index in [1.807, 2.05) is 0 Å². The number of carbonyl (C=O) groups is 2. The van der Waals surface area contributed by atoms with Crippen LogP contribution in [0.4, 0.5) is 18.9 Å². The lowest BCUT2D eigenvalue weighted by molar-refractivity contribution is -0.137. The van der Waals surface area contributed by atoms with E-state index in [9.17, 15) is 22.8 Å². The largest absolute Gasteiger partial charge is 0.416 e. The van der Waals surface area contributed by atoms with Crippen molar-refractivity contribution in [1.29, 1.82) is 0 Å². The van der Waals surface area contributed by atoms with Crippen molar-refractivity contribution < 1.29 is 22.8 Å². The number of amides is 2. The molecule has 0 unspecified atom stereocenters. The Morgan fingerprint density at radius 2 is 1.71 bits per heavy atom. The molecule has 134 valence electrons. The van der Waals surface area contributed by atoms with Crippen LogP contribution in [0.1, 0.15) is 39.2 Å². The first-order valence-electron chi connectivity index (χ1n) is 7.82. The minimum atomic E-state index is -4.40. The number of nitrogens with zero attached hydrogens (tertiary/aromatic N) is 1. The molecule has 0 aliphatic carbocycles. The number of nitrogens with one attached hydrogen (secondary N) is 1.